The van der Waals surface area contributed by atoms with Crippen LogP contribution in [0.2, 0.25) is 5.02 Å². The summed E-state index contributed by atoms with van der Waals surface area (Å²) in [7, 11) is 0. The van der Waals surface area contributed by atoms with Crippen LogP contribution in [-0.4, -0.2) is 50.7 Å². The predicted molar refractivity (Wildman–Crippen MR) is 167 cm³/mol. The second kappa shape index (κ2) is 14.1. The van der Waals surface area contributed by atoms with Crippen molar-refractivity contribution in [3.63, 3.8) is 0 Å². The third-order valence-electron chi connectivity index (χ3n) is 7.27. The van der Waals surface area contributed by atoms with Gasteiger partial charge in [-0.3, -0.25) is 9.98 Å². The number of aromatic nitrogens is 3. The van der Waals surface area contributed by atoms with E-state index in [2.05, 4.69) is 20.6 Å². The Labute approximate surface area is 249 Å². The van der Waals surface area contributed by atoms with Gasteiger partial charge < -0.3 is 26.5 Å². The van der Waals surface area contributed by atoms with Crippen LogP contribution in [0.25, 0.3) is 28.0 Å². The Bertz CT molecular complexity index is 1580. The lowest BCUT2D eigenvalue weighted by Gasteiger charge is -2.22. The minimum atomic E-state index is -0.530. The number of nitrogens with zero attached hydrogens (tertiary/aromatic N) is 2. The van der Waals surface area contributed by atoms with Crippen LogP contribution in [0.3, 0.4) is 0 Å². The molecular weight excluding hydrogens is 557 g/mol. The molecule has 11 heteroatoms. The van der Waals surface area contributed by atoms with Crippen molar-refractivity contribution < 1.29 is 9.50 Å². The molecule has 9 nitrogen and oxygen atoms in total. The molecule has 0 saturated carbocycles. The molecule has 4 aromatic rings. The molecule has 0 aliphatic carbocycles. The van der Waals surface area contributed by atoms with Gasteiger partial charge in [0.15, 0.2) is 5.82 Å². The van der Waals surface area contributed by atoms with Crippen LogP contribution in [0.5, 0.6) is 0 Å². The lowest BCUT2D eigenvalue weighted by Crippen LogP contribution is -2.37. The number of hydrogen-bond acceptors (Lipinski definition) is 6. The fraction of sp³-hybridized carbons (Fsp3) is 0.387. The maximum absolute atomic E-state index is 15.1. The molecule has 2 aromatic carbocycles. The molecule has 0 aliphatic heterocycles. The highest BCUT2D eigenvalue weighted by Gasteiger charge is 2.16. The largest absolute Gasteiger partial charge is 0.395 e. The Morgan fingerprint density at radius 1 is 1.21 bits per heavy atom. The lowest BCUT2D eigenvalue weighted by molar-refractivity contribution is 0.227. The number of aliphatic hydroxyl groups is 1. The molecule has 2 aromatic heterocycles. The number of rotatable bonds is 13. The summed E-state index contributed by atoms with van der Waals surface area (Å²) in [6.45, 7) is 6.22. The Balaban J connectivity index is 1.54. The van der Waals surface area contributed by atoms with Crippen molar-refractivity contribution in [2.24, 2.45) is 5.73 Å². The number of halogens is 2. The molecule has 0 aliphatic rings. The molecule has 0 saturated heterocycles. The molecule has 224 valence electrons. The number of aromatic amines is 1. The first-order valence-corrected chi connectivity index (χ1v) is 14.6. The first-order valence-electron chi connectivity index (χ1n) is 14.2. The van der Waals surface area contributed by atoms with Crippen molar-refractivity contribution in [3.8, 4) is 16.9 Å². The standard InChI is InChI=1S/C31H39ClFN7O2/c1-18(34)5-4-6-21-13-26(29(33)27(32)14-21)28-15-23-16-40(31(42)39-30(23)38-28)25-9-7-22(8-10-25)19(2)37-24(17-41)11-12-36-20(3)35/h7-10,13-16,18-19,24,37,41H,4-6,11-12,17,34H2,1-3H3,(H2,35,36)(H,38,39,42)/t18-,19-,24+/m0/s1. The third kappa shape index (κ3) is 7.83. The van der Waals surface area contributed by atoms with E-state index >= 15 is 4.39 Å². The minimum Gasteiger partial charge on any atom is -0.395 e. The number of fused-ring (bicyclic) bond motifs is 1. The van der Waals surface area contributed by atoms with Crippen molar-refractivity contribution in [3.05, 3.63) is 81.1 Å². The van der Waals surface area contributed by atoms with Crippen LogP contribution < -0.4 is 22.1 Å². The van der Waals surface area contributed by atoms with Gasteiger partial charge >= 0.3 is 5.69 Å². The van der Waals surface area contributed by atoms with Gasteiger partial charge in [0.2, 0.25) is 0 Å². The molecule has 3 atom stereocenters. The van der Waals surface area contributed by atoms with E-state index in [-0.39, 0.29) is 29.8 Å². The van der Waals surface area contributed by atoms with E-state index in [1.54, 1.807) is 31.3 Å². The van der Waals surface area contributed by atoms with E-state index in [0.29, 0.717) is 46.8 Å². The van der Waals surface area contributed by atoms with E-state index in [9.17, 15) is 9.90 Å². The number of nitrogens with one attached hydrogen (secondary N) is 4. The first kappa shape index (κ1) is 31.4. The highest BCUT2D eigenvalue weighted by molar-refractivity contribution is 6.31. The van der Waals surface area contributed by atoms with Gasteiger partial charge in [-0.1, -0.05) is 23.7 Å². The van der Waals surface area contributed by atoms with Crippen molar-refractivity contribution >= 4 is 28.5 Å². The van der Waals surface area contributed by atoms with Gasteiger partial charge in [0.25, 0.3) is 0 Å². The number of benzene rings is 2. The van der Waals surface area contributed by atoms with Crippen LogP contribution in [-0.2, 0) is 6.42 Å². The maximum Gasteiger partial charge on any atom is 0.354 e. The molecule has 4 rings (SSSR count). The summed E-state index contributed by atoms with van der Waals surface area (Å²) in [6.07, 6.45) is 4.81. The van der Waals surface area contributed by atoms with Gasteiger partial charge in [0.05, 0.1) is 28.8 Å². The first-order chi connectivity index (χ1) is 20.0. The molecule has 2 heterocycles. The second-order valence-electron chi connectivity index (χ2n) is 10.9. The summed E-state index contributed by atoms with van der Waals surface area (Å²) < 4.78 is 16.5. The van der Waals surface area contributed by atoms with Crippen LogP contribution >= 0.6 is 11.6 Å². The summed E-state index contributed by atoms with van der Waals surface area (Å²) in [5.41, 5.74) is 9.12. The fourth-order valence-corrected chi connectivity index (χ4v) is 5.21. The van der Waals surface area contributed by atoms with E-state index in [1.807, 2.05) is 38.1 Å². The quantitative estimate of drug-likeness (QED) is 0.0964. The highest BCUT2D eigenvalue weighted by atomic mass is 35.5. The summed E-state index contributed by atoms with van der Waals surface area (Å²) in [5.74, 6) is -0.138. The van der Waals surface area contributed by atoms with Crippen LogP contribution in [0.1, 0.15) is 57.2 Å². The fourth-order valence-electron chi connectivity index (χ4n) is 4.97. The molecule has 0 fully saturated rings. The summed E-state index contributed by atoms with van der Waals surface area (Å²) >= 11 is 6.23. The van der Waals surface area contributed by atoms with Gasteiger partial charge in [-0.15, -0.1) is 0 Å². The molecule has 42 heavy (non-hydrogen) atoms. The highest BCUT2D eigenvalue weighted by Crippen LogP contribution is 2.31. The zero-order chi connectivity index (χ0) is 30.4. The Morgan fingerprint density at radius 3 is 2.62 bits per heavy atom. The minimum absolute atomic E-state index is 0.0190. The molecule has 0 bridgehead atoms. The molecular formula is C31H39ClFN7O2. The van der Waals surface area contributed by atoms with Crippen molar-refractivity contribution in [1.82, 2.24) is 25.2 Å². The molecule has 0 unspecified atom stereocenters. The van der Waals surface area contributed by atoms with Gasteiger partial charge in [-0.05, 0) is 87.9 Å². The second-order valence-corrected chi connectivity index (χ2v) is 11.3. The van der Waals surface area contributed by atoms with Crippen molar-refractivity contribution in [1.29, 1.82) is 5.41 Å². The van der Waals surface area contributed by atoms with Gasteiger partial charge in [-0.25, -0.2) is 9.18 Å². The van der Waals surface area contributed by atoms with Gasteiger partial charge in [-0.2, -0.15) is 4.98 Å². The average Bonchev–Trinajstić information content (AvgIpc) is 3.36. The number of aryl methyl sites for hydroxylation is 1. The smallest absolute Gasteiger partial charge is 0.354 e. The summed E-state index contributed by atoms with van der Waals surface area (Å²) in [5, 5.41) is 24.3. The summed E-state index contributed by atoms with van der Waals surface area (Å²) in [6, 6.07) is 12.7. The Kier molecular flexibility index (Phi) is 10.5. The zero-order valence-electron chi connectivity index (χ0n) is 24.2. The van der Waals surface area contributed by atoms with Crippen LogP contribution in [0.4, 0.5) is 4.39 Å². The van der Waals surface area contributed by atoms with Crippen LogP contribution in [0, 0.1) is 11.2 Å². The SMILES string of the molecule is CC(=N)NCC[C@H](CO)N[C@@H](C)c1ccc(-n2cc3cc(-c4cc(CCC[C@H](C)N)cc(Cl)c4F)[nH]c3nc2=O)cc1. The Morgan fingerprint density at radius 2 is 1.95 bits per heavy atom. The average molecular weight is 596 g/mol. The molecule has 7 N–H and O–H groups in total. The van der Waals surface area contributed by atoms with E-state index < -0.39 is 11.5 Å². The van der Waals surface area contributed by atoms with E-state index in [1.165, 1.54) is 4.57 Å². The normalized spacial score (nSPS) is 13.7. The Hall–Kier alpha value is -3.57. The molecule has 0 radical (unpaired) electrons. The maximum atomic E-state index is 15.1. The molecule has 0 amide bonds. The van der Waals surface area contributed by atoms with E-state index in [0.717, 1.165) is 30.4 Å². The summed E-state index contributed by atoms with van der Waals surface area (Å²) in [4.78, 5) is 20.2. The zero-order valence-corrected chi connectivity index (χ0v) is 24.9. The number of H-pyrrole nitrogens is 1. The van der Waals surface area contributed by atoms with E-state index in [4.69, 9.17) is 22.7 Å². The van der Waals surface area contributed by atoms with Crippen molar-refractivity contribution in [2.75, 3.05) is 13.2 Å². The number of nitrogens with two attached hydrogens (primary N) is 1. The predicted octanol–water partition coefficient (Wildman–Crippen LogP) is 4.83. The van der Waals surface area contributed by atoms with Crippen LogP contribution in [0.15, 0.2) is 53.5 Å². The molecule has 0 spiro atoms. The number of amidine groups is 1. The van der Waals surface area contributed by atoms with Crippen molar-refractivity contribution in [2.45, 2.75) is 64.6 Å². The number of hydrogen-bond donors (Lipinski definition) is 6. The topological polar surface area (TPSA) is 145 Å². The van der Waals surface area contributed by atoms with Gasteiger partial charge in [0.1, 0.15) is 5.65 Å². The monoisotopic (exact) mass is 595 g/mol. The lowest BCUT2D eigenvalue weighted by atomic mass is 10.0. The third-order valence-corrected chi connectivity index (χ3v) is 7.55. The van der Waals surface area contributed by atoms with Gasteiger partial charge in [0, 0.05) is 41.8 Å². The number of aliphatic hydroxyl groups excluding tert-OH is 1.